The highest BCUT2D eigenvalue weighted by Crippen LogP contribution is 2.24. The Balaban J connectivity index is 1.93. The molecule has 0 aliphatic carbocycles. The van der Waals surface area contributed by atoms with E-state index in [1.54, 1.807) is 6.92 Å². The summed E-state index contributed by atoms with van der Waals surface area (Å²) >= 11 is 0. The van der Waals surface area contributed by atoms with Gasteiger partial charge in [0.25, 0.3) is 0 Å². The maximum absolute atomic E-state index is 12.3. The number of hydrogen-bond acceptors (Lipinski definition) is 4. The minimum absolute atomic E-state index is 0.0443. The number of halogens is 3. The number of alkyl halides is 3. The molecule has 0 radical (unpaired) electrons. The Morgan fingerprint density at radius 3 is 2.29 bits per heavy atom. The molecule has 134 valence electrons. The molecule has 1 aromatic rings. The van der Waals surface area contributed by atoms with Crippen molar-refractivity contribution in [3.63, 3.8) is 0 Å². The second-order valence-electron chi connectivity index (χ2n) is 5.95. The second kappa shape index (κ2) is 7.40. The molecule has 2 rings (SSSR count). The molecule has 1 aliphatic heterocycles. The van der Waals surface area contributed by atoms with E-state index in [1.165, 1.54) is 12.1 Å². The van der Waals surface area contributed by atoms with Crippen LogP contribution in [-0.2, 0) is 9.53 Å². The first-order valence-corrected chi connectivity index (χ1v) is 7.70. The minimum atomic E-state index is -4.73. The van der Waals surface area contributed by atoms with Gasteiger partial charge in [0, 0.05) is 18.8 Å². The van der Waals surface area contributed by atoms with E-state index < -0.39 is 6.36 Å². The van der Waals surface area contributed by atoms with Crippen molar-refractivity contribution in [3.05, 3.63) is 24.3 Å². The van der Waals surface area contributed by atoms with Gasteiger partial charge < -0.3 is 14.8 Å². The van der Waals surface area contributed by atoms with Crippen LogP contribution in [0.5, 0.6) is 5.75 Å². The first-order chi connectivity index (χ1) is 11.1. The number of amides is 1. The van der Waals surface area contributed by atoms with Crippen LogP contribution < -0.4 is 10.1 Å². The summed E-state index contributed by atoms with van der Waals surface area (Å²) in [7, 11) is 0. The summed E-state index contributed by atoms with van der Waals surface area (Å²) in [5, 5.41) is 2.70. The van der Waals surface area contributed by atoms with Crippen LogP contribution >= 0.6 is 0 Å². The molecule has 1 aromatic carbocycles. The summed E-state index contributed by atoms with van der Waals surface area (Å²) in [5.41, 5.74) is 0.413. The molecule has 1 N–H and O–H groups in total. The first kappa shape index (κ1) is 18.5. The molecule has 3 atom stereocenters. The fourth-order valence-electron chi connectivity index (χ4n) is 2.69. The largest absolute Gasteiger partial charge is 0.573 e. The third-order valence-corrected chi connectivity index (χ3v) is 3.73. The molecule has 0 bridgehead atoms. The average molecular weight is 346 g/mol. The summed E-state index contributed by atoms with van der Waals surface area (Å²) in [6.45, 7) is 7.00. The van der Waals surface area contributed by atoms with Gasteiger partial charge in [-0.25, -0.2) is 0 Å². The van der Waals surface area contributed by atoms with Gasteiger partial charge in [0.15, 0.2) is 0 Å². The lowest BCUT2D eigenvalue weighted by Gasteiger charge is -2.38. The molecule has 0 saturated carbocycles. The lowest BCUT2D eigenvalue weighted by Crippen LogP contribution is -2.52. The molecule has 0 unspecified atom stereocenters. The fourth-order valence-corrected chi connectivity index (χ4v) is 2.69. The van der Waals surface area contributed by atoms with E-state index in [9.17, 15) is 18.0 Å². The number of hydrogen-bond donors (Lipinski definition) is 1. The lowest BCUT2D eigenvalue weighted by atomic mass is 10.1. The molecule has 1 fully saturated rings. The van der Waals surface area contributed by atoms with E-state index >= 15 is 0 Å². The van der Waals surface area contributed by atoms with Crippen molar-refractivity contribution in [1.29, 1.82) is 0 Å². The van der Waals surface area contributed by atoms with Crippen molar-refractivity contribution in [1.82, 2.24) is 4.90 Å². The molecule has 8 heteroatoms. The number of benzene rings is 1. The van der Waals surface area contributed by atoms with E-state index in [2.05, 4.69) is 10.1 Å². The zero-order valence-corrected chi connectivity index (χ0v) is 13.8. The van der Waals surface area contributed by atoms with Crippen LogP contribution in [0, 0.1) is 0 Å². The molecular formula is C16H21F3N2O3. The third-order valence-electron chi connectivity index (χ3n) is 3.73. The van der Waals surface area contributed by atoms with Crippen molar-refractivity contribution in [2.45, 2.75) is 45.4 Å². The predicted octanol–water partition coefficient (Wildman–Crippen LogP) is 3.02. The Labute approximate surface area is 138 Å². The van der Waals surface area contributed by atoms with E-state index in [-0.39, 0.29) is 29.9 Å². The molecule has 1 saturated heterocycles. The van der Waals surface area contributed by atoms with Crippen molar-refractivity contribution >= 4 is 11.6 Å². The summed E-state index contributed by atoms with van der Waals surface area (Å²) in [5.74, 6) is -0.551. The molecule has 1 aliphatic rings. The van der Waals surface area contributed by atoms with E-state index in [0.29, 0.717) is 18.8 Å². The van der Waals surface area contributed by atoms with Crippen LogP contribution in [0.3, 0.4) is 0 Å². The van der Waals surface area contributed by atoms with Gasteiger partial charge in [-0.2, -0.15) is 0 Å². The number of ether oxygens (including phenoxy) is 2. The number of rotatable bonds is 4. The molecular weight excluding hydrogens is 325 g/mol. The minimum Gasteiger partial charge on any atom is -0.406 e. The van der Waals surface area contributed by atoms with Gasteiger partial charge in [-0.3, -0.25) is 9.69 Å². The number of carbonyl (C=O) groups is 1. The maximum Gasteiger partial charge on any atom is 0.573 e. The highest BCUT2D eigenvalue weighted by atomic mass is 19.4. The Morgan fingerprint density at radius 1 is 1.25 bits per heavy atom. The monoisotopic (exact) mass is 346 g/mol. The van der Waals surface area contributed by atoms with Crippen LogP contribution in [0.2, 0.25) is 0 Å². The Bertz CT molecular complexity index is 553. The van der Waals surface area contributed by atoms with Crippen LogP contribution in [-0.4, -0.2) is 48.5 Å². The number of nitrogens with one attached hydrogen (secondary N) is 1. The standard InChI is InChI=1S/C16H21F3N2O3/c1-10-8-21(9-11(2)23-10)12(3)15(22)20-13-4-6-14(7-5-13)24-16(17,18)19/h4-7,10-12H,8-9H2,1-3H3,(H,20,22)/t10-,11-,12+/m1/s1. The quantitative estimate of drug-likeness (QED) is 0.911. The Morgan fingerprint density at radius 2 is 1.79 bits per heavy atom. The molecule has 0 spiro atoms. The Kier molecular flexibility index (Phi) is 5.71. The van der Waals surface area contributed by atoms with Gasteiger partial charge >= 0.3 is 6.36 Å². The number of morpholine rings is 1. The zero-order valence-electron chi connectivity index (χ0n) is 13.8. The smallest absolute Gasteiger partial charge is 0.406 e. The zero-order chi connectivity index (χ0) is 17.9. The average Bonchev–Trinajstić information content (AvgIpc) is 2.46. The van der Waals surface area contributed by atoms with Crippen molar-refractivity contribution in [2.75, 3.05) is 18.4 Å². The van der Waals surface area contributed by atoms with Gasteiger partial charge in [-0.05, 0) is 45.0 Å². The Hall–Kier alpha value is -1.80. The van der Waals surface area contributed by atoms with Gasteiger partial charge in [0.05, 0.1) is 18.2 Å². The van der Waals surface area contributed by atoms with Crippen molar-refractivity contribution in [2.24, 2.45) is 0 Å². The summed E-state index contributed by atoms with van der Waals surface area (Å²) in [6, 6.07) is 4.69. The predicted molar refractivity (Wildman–Crippen MR) is 82.8 cm³/mol. The molecule has 1 heterocycles. The van der Waals surface area contributed by atoms with E-state index in [4.69, 9.17) is 4.74 Å². The number of carbonyl (C=O) groups excluding carboxylic acids is 1. The molecule has 24 heavy (non-hydrogen) atoms. The normalized spacial score (nSPS) is 23.6. The molecule has 1 amide bonds. The number of anilines is 1. The van der Waals surface area contributed by atoms with Gasteiger partial charge in [-0.1, -0.05) is 0 Å². The van der Waals surface area contributed by atoms with Crippen LogP contribution in [0.1, 0.15) is 20.8 Å². The molecule has 0 aromatic heterocycles. The molecule has 5 nitrogen and oxygen atoms in total. The summed E-state index contributed by atoms with van der Waals surface area (Å²) in [6.07, 6.45) is -4.64. The maximum atomic E-state index is 12.3. The fraction of sp³-hybridized carbons (Fsp3) is 0.562. The topological polar surface area (TPSA) is 50.8 Å². The van der Waals surface area contributed by atoms with Crippen LogP contribution in [0.4, 0.5) is 18.9 Å². The number of nitrogens with zero attached hydrogens (tertiary/aromatic N) is 1. The van der Waals surface area contributed by atoms with E-state index in [0.717, 1.165) is 12.1 Å². The van der Waals surface area contributed by atoms with Gasteiger partial charge in [-0.15, -0.1) is 13.2 Å². The SMILES string of the molecule is C[C@@H]1CN([C@@H](C)C(=O)Nc2ccc(OC(F)(F)F)cc2)C[C@@H](C)O1. The van der Waals surface area contributed by atoms with Crippen LogP contribution in [0.15, 0.2) is 24.3 Å². The highest BCUT2D eigenvalue weighted by molar-refractivity contribution is 5.94. The van der Waals surface area contributed by atoms with Crippen molar-refractivity contribution in [3.8, 4) is 5.75 Å². The summed E-state index contributed by atoms with van der Waals surface area (Å²) < 4.78 is 45.8. The van der Waals surface area contributed by atoms with Gasteiger partial charge in [0.1, 0.15) is 5.75 Å². The van der Waals surface area contributed by atoms with Gasteiger partial charge in [0.2, 0.25) is 5.91 Å². The second-order valence-corrected chi connectivity index (χ2v) is 5.95. The first-order valence-electron chi connectivity index (χ1n) is 7.70. The third kappa shape index (κ3) is 5.38. The van der Waals surface area contributed by atoms with E-state index in [1.807, 2.05) is 18.7 Å². The van der Waals surface area contributed by atoms with Crippen molar-refractivity contribution < 1.29 is 27.4 Å². The lowest BCUT2D eigenvalue weighted by molar-refractivity contribution is -0.274. The summed E-state index contributed by atoms with van der Waals surface area (Å²) in [4.78, 5) is 14.4. The highest BCUT2D eigenvalue weighted by Gasteiger charge is 2.31. The van der Waals surface area contributed by atoms with Crippen LogP contribution in [0.25, 0.3) is 0 Å².